The Bertz CT molecular complexity index is 660. The number of hydrogen-bond acceptors (Lipinski definition) is 3. The molecule has 1 aliphatic rings. The van der Waals surface area contributed by atoms with E-state index < -0.39 is 0 Å². The molecule has 2 amide bonds. The van der Waals surface area contributed by atoms with E-state index in [1.807, 2.05) is 22.9 Å². The molecule has 9 heteroatoms. The molecule has 0 spiro atoms. The van der Waals surface area contributed by atoms with Crippen LogP contribution in [-0.4, -0.2) is 35.2 Å². The van der Waals surface area contributed by atoms with E-state index in [1.54, 1.807) is 18.6 Å². The zero-order valence-electron chi connectivity index (χ0n) is 13.6. The van der Waals surface area contributed by atoms with Gasteiger partial charge in [-0.1, -0.05) is 11.6 Å². The fraction of sp³-hybridized carbons (Fsp3) is 0.375. The van der Waals surface area contributed by atoms with Crippen molar-refractivity contribution in [2.24, 2.45) is 5.92 Å². The molecule has 3 rings (SSSR count). The Morgan fingerprint density at radius 1 is 1.32 bits per heavy atom. The predicted molar refractivity (Wildman–Crippen MR) is 106 cm³/mol. The van der Waals surface area contributed by atoms with Gasteiger partial charge in [-0.2, -0.15) is 0 Å². The Morgan fingerprint density at radius 2 is 2.08 bits per heavy atom. The number of nitrogens with one attached hydrogen (secondary N) is 3. The average molecular weight is 407 g/mol. The van der Waals surface area contributed by atoms with Crippen LogP contribution in [-0.2, 0) is 0 Å². The molecular weight excluding hydrogens is 385 g/mol. The molecule has 2 aromatic rings. The Labute approximate surface area is 164 Å². The van der Waals surface area contributed by atoms with Crippen LogP contribution in [0.4, 0.5) is 10.5 Å². The van der Waals surface area contributed by atoms with E-state index >= 15 is 0 Å². The summed E-state index contributed by atoms with van der Waals surface area (Å²) in [7, 11) is 0. The summed E-state index contributed by atoms with van der Waals surface area (Å²) in [6.45, 7) is 2.76. The molecule has 2 heterocycles. The fourth-order valence-electron chi connectivity index (χ4n) is 2.69. The number of nitrogens with zero attached hydrogens (tertiary/aromatic N) is 2. The number of imidazole rings is 1. The number of hydrogen-bond donors (Lipinski definition) is 3. The summed E-state index contributed by atoms with van der Waals surface area (Å²) in [4.78, 5) is 16.0. The molecule has 0 unspecified atom stereocenters. The number of benzene rings is 1. The molecule has 1 aromatic heterocycles. The van der Waals surface area contributed by atoms with Gasteiger partial charge in [0.05, 0.1) is 17.0 Å². The van der Waals surface area contributed by atoms with Gasteiger partial charge in [0, 0.05) is 24.6 Å². The lowest BCUT2D eigenvalue weighted by Gasteiger charge is -2.22. The van der Waals surface area contributed by atoms with Gasteiger partial charge in [0.1, 0.15) is 0 Å². The summed E-state index contributed by atoms with van der Waals surface area (Å²) in [6.07, 6.45) is 7.40. The molecule has 3 N–H and O–H groups in total. The van der Waals surface area contributed by atoms with E-state index in [0.29, 0.717) is 23.2 Å². The van der Waals surface area contributed by atoms with Crippen molar-refractivity contribution < 1.29 is 4.79 Å². The number of piperidine rings is 1. The van der Waals surface area contributed by atoms with Crippen molar-refractivity contribution in [2.45, 2.75) is 12.8 Å². The molecule has 1 fully saturated rings. The van der Waals surface area contributed by atoms with Crippen LogP contribution in [0.15, 0.2) is 36.9 Å². The fourth-order valence-corrected chi connectivity index (χ4v) is 2.97. The molecule has 1 saturated heterocycles. The zero-order valence-corrected chi connectivity index (χ0v) is 16.0. The third-order valence-corrected chi connectivity index (χ3v) is 4.30. The van der Waals surface area contributed by atoms with Gasteiger partial charge in [-0.25, -0.2) is 9.78 Å². The number of urea groups is 1. The van der Waals surface area contributed by atoms with Crippen LogP contribution >= 0.6 is 36.4 Å². The van der Waals surface area contributed by atoms with Gasteiger partial charge < -0.3 is 20.5 Å². The minimum atomic E-state index is -0.199. The van der Waals surface area contributed by atoms with E-state index in [9.17, 15) is 4.79 Å². The van der Waals surface area contributed by atoms with E-state index in [-0.39, 0.29) is 30.8 Å². The standard InChI is InChI=1S/C16H20ClN5O.2ClH/c17-14-9-13(1-2-15(14)22-8-7-19-11-22)21-16(23)20-10-12-3-5-18-6-4-12;;/h1-2,7-9,11-12,18H,3-6,10H2,(H2,20,21,23);2*1H. The van der Waals surface area contributed by atoms with E-state index in [1.165, 1.54) is 0 Å². The number of rotatable bonds is 4. The van der Waals surface area contributed by atoms with Crippen LogP contribution in [0, 0.1) is 5.92 Å². The predicted octanol–water partition coefficient (Wildman–Crippen LogP) is 3.49. The smallest absolute Gasteiger partial charge is 0.319 e. The zero-order chi connectivity index (χ0) is 16.1. The van der Waals surface area contributed by atoms with Crippen molar-refractivity contribution in [3.63, 3.8) is 0 Å². The SMILES string of the molecule is Cl.Cl.O=C(NCC1CCNCC1)Nc1ccc(-n2ccnc2)c(Cl)c1. The van der Waals surface area contributed by atoms with Crippen LogP contribution in [0.3, 0.4) is 0 Å². The normalized spacial score (nSPS) is 14.1. The van der Waals surface area contributed by atoms with E-state index in [4.69, 9.17) is 11.6 Å². The van der Waals surface area contributed by atoms with Crippen molar-refractivity contribution in [3.8, 4) is 5.69 Å². The van der Waals surface area contributed by atoms with Gasteiger partial charge in [0.2, 0.25) is 0 Å². The van der Waals surface area contributed by atoms with Gasteiger partial charge >= 0.3 is 6.03 Å². The summed E-state index contributed by atoms with van der Waals surface area (Å²) in [5.74, 6) is 0.550. The molecule has 0 radical (unpaired) electrons. The van der Waals surface area contributed by atoms with E-state index in [2.05, 4.69) is 20.9 Å². The lowest BCUT2D eigenvalue weighted by molar-refractivity contribution is 0.248. The second-order valence-corrected chi connectivity index (χ2v) is 6.07. The van der Waals surface area contributed by atoms with Gasteiger partial charge in [0.25, 0.3) is 0 Å². The number of anilines is 1. The molecule has 0 saturated carbocycles. The van der Waals surface area contributed by atoms with Crippen LogP contribution < -0.4 is 16.0 Å². The third-order valence-electron chi connectivity index (χ3n) is 4.00. The van der Waals surface area contributed by atoms with Gasteiger partial charge in [-0.3, -0.25) is 0 Å². The maximum atomic E-state index is 12.0. The first kappa shape index (κ1) is 21.6. The lowest BCUT2D eigenvalue weighted by atomic mass is 9.98. The lowest BCUT2D eigenvalue weighted by Crippen LogP contribution is -2.37. The Hall–Kier alpha value is -1.47. The first-order chi connectivity index (χ1) is 11.2. The molecule has 0 atom stereocenters. The molecule has 25 heavy (non-hydrogen) atoms. The van der Waals surface area contributed by atoms with E-state index in [0.717, 1.165) is 31.6 Å². The average Bonchev–Trinajstić information content (AvgIpc) is 3.08. The van der Waals surface area contributed by atoms with Crippen LogP contribution in [0.5, 0.6) is 0 Å². The third kappa shape index (κ3) is 6.08. The Morgan fingerprint density at radius 3 is 2.72 bits per heavy atom. The highest BCUT2D eigenvalue weighted by Gasteiger charge is 2.14. The molecule has 0 aliphatic carbocycles. The number of carbonyl (C=O) groups is 1. The van der Waals surface area contributed by atoms with Crippen LogP contribution in [0.2, 0.25) is 5.02 Å². The summed E-state index contributed by atoms with van der Waals surface area (Å²) in [6, 6.07) is 5.22. The largest absolute Gasteiger partial charge is 0.338 e. The van der Waals surface area contributed by atoms with Crippen molar-refractivity contribution in [3.05, 3.63) is 41.9 Å². The second-order valence-electron chi connectivity index (χ2n) is 5.66. The van der Waals surface area contributed by atoms with Crippen molar-refractivity contribution in [2.75, 3.05) is 25.0 Å². The quantitative estimate of drug-likeness (QED) is 0.728. The number of halogens is 3. The molecule has 1 aromatic carbocycles. The monoisotopic (exact) mass is 405 g/mol. The summed E-state index contributed by atoms with van der Waals surface area (Å²) >= 11 is 6.28. The minimum Gasteiger partial charge on any atom is -0.338 e. The summed E-state index contributed by atoms with van der Waals surface area (Å²) in [5.41, 5.74) is 1.49. The first-order valence-corrected chi connectivity index (χ1v) is 8.13. The molecule has 1 aliphatic heterocycles. The number of carbonyl (C=O) groups excluding carboxylic acids is 1. The van der Waals surface area contributed by atoms with Crippen molar-refractivity contribution in [1.29, 1.82) is 0 Å². The summed E-state index contributed by atoms with van der Waals surface area (Å²) < 4.78 is 1.82. The molecular formula is C16H22Cl3N5O. The molecule has 0 bridgehead atoms. The molecule has 6 nitrogen and oxygen atoms in total. The first-order valence-electron chi connectivity index (χ1n) is 7.76. The Kier molecular flexibility index (Phi) is 9.06. The highest BCUT2D eigenvalue weighted by atomic mass is 35.5. The van der Waals surface area contributed by atoms with Gasteiger partial charge in [0.15, 0.2) is 0 Å². The molecule has 138 valence electrons. The highest BCUT2D eigenvalue weighted by molar-refractivity contribution is 6.32. The minimum absolute atomic E-state index is 0. The topological polar surface area (TPSA) is 71.0 Å². The highest BCUT2D eigenvalue weighted by Crippen LogP contribution is 2.24. The van der Waals surface area contributed by atoms with Crippen LogP contribution in [0.1, 0.15) is 12.8 Å². The second kappa shape index (κ2) is 10.5. The Balaban J connectivity index is 0.00000156. The number of amides is 2. The van der Waals surface area contributed by atoms with Gasteiger partial charge in [-0.05, 0) is 50.0 Å². The maximum Gasteiger partial charge on any atom is 0.319 e. The van der Waals surface area contributed by atoms with Crippen molar-refractivity contribution >= 4 is 48.1 Å². The van der Waals surface area contributed by atoms with Crippen molar-refractivity contribution in [1.82, 2.24) is 20.2 Å². The maximum absolute atomic E-state index is 12.0. The number of aromatic nitrogens is 2. The summed E-state index contributed by atoms with van der Waals surface area (Å²) in [5, 5.41) is 9.62. The van der Waals surface area contributed by atoms with Crippen LogP contribution in [0.25, 0.3) is 5.69 Å². The van der Waals surface area contributed by atoms with Gasteiger partial charge in [-0.15, -0.1) is 24.8 Å².